The number of nitriles is 1. The summed E-state index contributed by atoms with van der Waals surface area (Å²) in [7, 11) is 1.64. The topological polar surface area (TPSA) is 76.4 Å². The van der Waals surface area contributed by atoms with Gasteiger partial charge in [0, 0.05) is 55.5 Å². The van der Waals surface area contributed by atoms with Gasteiger partial charge in [0.1, 0.15) is 0 Å². The third-order valence-corrected chi connectivity index (χ3v) is 7.40. The zero-order chi connectivity index (χ0) is 22.5. The van der Waals surface area contributed by atoms with Crippen molar-refractivity contribution in [3.8, 4) is 6.07 Å². The minimum atomic E-state index is -0.113. The van der Waals surface area contributed by atoms with Crippen molar-refractivity contribution in [2.24, 2.45) is 5.41 Å². The summed E-state index contributed by atoms with van der Waals surface area (Å²) in [5.74, 6) is 0.342. The van der Waals surface area contributed by atoms with Crippen LogP contribution in [0.1, 0.15) is 62.6 Å². The number of nitrogens with zero attached hydrogens (tertiary/aromatic N) is 3. The van der Waals surface area contributed by atoms with Gasteiger partial charge in [0.2, 0.25) is 0 Å². The van der Waals surface area contributed by atoms with E-state index in [2.05, 4.69) is 22.4 Å². The fourth-order valence-electron chi connectivity index (χ4n) is 5.32. The molecular weight excluding hydrogens is 400 g/mol. The number of rotatable bonds is 4. The molecule has 1 N–H and O–H groups in total. The molecule has 3 aliphatic rings. The Labute approximate surface area is 188 Å². The first kappa shape index (κ1) is 20.6. The van der Waals surface area contributed by atoms with Crippen LogP contribution in [0, 0.1) is 23.7 Å². The molecule has 0 aromatic heterocycles. The summed E-state index contributed by atoms with van der Waals surface area (Å²) in [6, 6.07) is 13.7. The molecule has 0 bridgehead atoms. The predicted molar refractivity (Wildman–Crippen MR) is 123 cm³/mol. The van der Waals surface area contributed by atoms with Gasteiger partial charge >= 0.3 is 0 Å². The average Bonchev–Trinajstić information content (AvgIpc) is 2.70. The number of aryl methyl sites for hydroxylation is 1. The van der Waals surface area contributed by atoms with E-state index < -0.39 is 0 Å². The van der Waals surface area contributed by atoms with Gasteiger partial charge in [0.05, 0.1) is 11.6 Å². The molecule has 2 saturated heterocycles. The molecule has 32 heavy (non-hydrogen) atoms. The Morgan fingerprint density at radius 3 is 2.31 bits per heavy atom. The third-order valence-electron chi connectivity index (χ3n) is 7.40. The Morgan fingerprint density at radius 1 is 1.06 bits per heavy atom. The van der Waals surface area contributed by atoms with Crippen LogP contribution in [-0.4, -0.2) is 49.9 Å². The molecular formula is C26H28N4O2. The van der Waals surface area contributed by atoms with E-state index in [1.807, 2.05) is 42.2 Å². The first-order chi connectivity index (χ1) is 15.4. The van der Waals surface area contributed by atoms with Crippen molar-refractivity contribution < 1.29 is 9.59 Å². The molecule has 2 heterocycles. The number of amides is 2. The standard InChI is InChI=1S/C26H28N4O2/c1-17-10-22(19-4-3-5-19)23(24(31)28-2)11-21(17)25(32)30-15-26(16-30)13-29(14-26)20-8-6-18(12-27)7-9-20/h6-11,19H,3-5,13-16H2,1-2H3,(H,28,31). The van der Waals surface area contributed by atoms with Gasteiger partial charge in [0.15, 0.2) is 0 Å². The van der Waals surface area contributed by atoms with Crippen LogP contribution in [-0.2, 0) is 0 Å². The van der Waals surface area contributed by atoms with E-state index in [0.717, 1.165) is 55.8 Å². The lowest BCUT2D eigenvalue weighted by Gasteiger charge is -2.61. The van der Waals surface area contributed by atoms with Gasteiger partial charge in [-0.3, -0.25) is 9.59 Å². The van der Waals surface area contributed by atoms with E-state index in [4.69, 9.17) is 5.26 Å². The molecule has 164 valence electrons. The summed E-state index contributed by atoms with van der Waals surface area (Å²) in [5.41, 5.74) is 5.28. The predicted octanol–water partition coefficient (Wildman–Crippen LogP) is 3.46. The molecule has 3 fully saturated rings. The highest BCUT2D eigenvalue weighted by molar-refractivity contribution is 6.02. The Kier molecular flexibility index (Phi) is 4.93. The first-order valence-corrected chi connectivity index (χ1v) is 11.3. The smallest absolute Gasteiger partial charge is 0.254 e. The van der Waals surface area contributed by atoms with Crippen LogP contribution < -0.4 is 10.2 Å². The van der Waals surface area contributed by atoms with Crippen LogP contribution in [0.3, 0.4) is 0 Å². The summed E-state index contributed by atoms with van der Waals surface area (Å²) in [4.78, 5) is 30.0. The van der Waals surface area contributed by atoms with Crippen LogP contribution >= 0.6 is 0 Å². The maximum atomic E-state index is 13.3. The van der Waals surface area contributed by atoms with Gasteiger partial charge < -0.3 is 15.1 Å². The summed E-state index contributed by atoms with van der Waals surface area (Å²) in [6.07, 6.45) is 3.43. The van der Waals surface area contributed by atoms with Crippen molar-refractivity contribution >= 4 is 17.5 Å². The molecule has 0 radical (unpaired) electrons. The lowest BCUT2D eigenvalue weighted by Crippen LogP contribution is -2.73. The molecule has 6 heteroatoms. The summed E-state index contributed by atoms with van der Waals surface area (Å²) >= 11 is 0. The quantitative estimate of drug-likeness (QED) is 0.809. The highest BCUT2D eigenvalue weighted by Crippen LogP contribution is 2.43. The van der Waals surface area contributed by atoms with Crippen LogP contribution in [0.15, 0.2) is 36.4 Å². The first-order valence-electron chi connectivity index (χ1n) is 11.3. The Morgan fingerprint density at radius 2 is 1.75 bits per heavy atom. The summed E-state index contributed by atoms with van der Waals surface area (Å²) < 4.78 is 0. The van der Waals surface area contributed by atoms with Crippen molar-refractivity contribution in [3.63, 3.8) is 0 Å². The minimum Gasteiger partial charge on any atom is -0.370 e. The number of anilines is 1. The molecule has 1 aliphatic carbocycles. The fraction of sp³-hybridized carbons (Fsp3) is 0.423. The van der Waals surface area contributed by atoms with Gasteiger partial charge in [-0.1, -0.05) is 12.5 Å². The maximum absolute atomic E-state index is 13.3. The Balaban J connectivity index is 1.27. The van der Waals surface area contributed by atoms with Gasteiger partial charge in [0.25, 0.3) is 11.8 Å². The van der Waals surface area contributed by atoms with E-state index in [1.165, 1.54) is 6.42 Å². The van der Waals surface area contributed by atoms with Crippen LogP contribution in [0.4, 0.5) is 5.69 Å². The minimum absolute atomic E-state index is 0.0234. The summed E-state index contributed by atoms with van der Waals surface area (Å²) in [6.45, 7) is 5.32. The van der Waals surface area contributed by atoms with Crippen molar-refractivity contribution in [2.75, 3.05) is 38.1 Å². The number of benzene rings is 2. The average molecular weight is 429 g/mol. The normalized spacial score (nSPS) is 18.9. The van der Waals surface area contributed by atoms with Gasteiger partial charge in [-0.2, -0.15) is 5.26 Å². The van der Waals surface area contributed by atoms with E-state index in [1.54, 1.807) is 7.05 Å². The van der Waals surface area contributed by atoms with Crippen LogP contribution in [0.25, 0.3) is 0 Å². The fourth-order valence-corrected chi connectivity index (χ4v) is 5.32. The monoisotopic (exact) mass is 428 g/mol. The molecule has 0 unspecified atom stereocenters. The van der Waals surface area contributed by atoms with Gasteiger partial charge in [-0.05, 0) is 67.1 Å². The zero-order valence-electron chi connectivity index (χ0n) is 18.6. The maximum Gasteiger partial charge on any atom is 0.254 e. The third kappa shape index (κ3) is 3.33. The van der Waals surface area contributed by atoms with Gasteiger partial charge in [-0.15, -0.1) is 0 Å². The summed E-state index contributed by atoms with van der Waals surface area (Å²) in [5, 5.41) is 11.7. The number of carbonyl (C=O) groups excluding carboxylic acids is 2. The molecule has 2 aromatic rings. The van der Waals surface area contributed by atoms with E-state index in [0.29, 0.717) is 22.6 Å². The molecule has 2 amide bonds. The highest BCUT2D eigenvalue weighted by atomic mass is 16.2. The van der Waals surface area contributed by atoms with E-state index in [-0.39, 0.29) is 17.2 Å². The lowest BCUT2D eigenvalue weighted by atomic mass is 9.72. The van der Waals surface area contributed by atoms with Crippen LogP contribution in [0.5, 0.6) is 0 Å². The second-order valence-electron chi connectivity index (χ2n) is 9.64. The Hall–Kier alpha value is -3.33. The molecule has 6 nitrogen and oxygen atoms in total. The van der Waals surface area contributed by atoms with Crippen LogP contribution in [0.2, 0.25) is 0 Å². The van der Waals surface area contributed by atoms with Crippen molar-refractivity contribution in [3.05, 3.63) is 64.2 Å². The highest BCUT2D eigenvalue weighted by Gasteiger charge is 2.53. The van der Waals surface area contributed by atoms with Gasteiger partial charge in [-0.25, -0.2) is 0 Å². The molecule has 1 saturated carbocycles. The second-order valence-corrected chi connectivity index (χ2v) is 9.64. The van der Waals surface area contributed by atoms with Crippen molar-refractivity contribution in [1.29, 1.82) is 5.26 Å². The number of likely N-dealkylation sites (tertiary alicyclic amines) is 1. The lowest BCUT2D eigenvalue weighted by molar-refractivity contribution is -0.0105. The second kappa shape index (κ2) is 7.67. The zero-order valence-corrected chi connectivity index (χ0v) is 18.6. The Bertz CT molecular complexity index is 1110. The number of nitrogens with one attached hydrogen (secondary N) is 1. The molecule has 0 atom stereocenters. The number of hydrogen-bond acceptors (Lipinski definition) is 4. The van der Waals surface area contributed by atoms with E-state index >= 15 is 0 Å². The molecule has 2 aliphatic heterocycles. The van der Waals surface area contributed by atoms with E-state index in [9.17, 15) is 9.59 Å². The largest absolute Gasteiger partial charge is 0.370 e. The SMILES string of the molecule is CNC(=O)c1cc(C(=O)N2CC3(C2)CN(c2ccc(C#N)cc2)C3)c(C)cc1C1CCC1. The number of hydrogen-bond donors (Lipinski definition) is 1. The molecule has 5 rings (SSSR count). The molecule has 2 aromatic carbocycles. The van der Waals surface area contributed by atoms with Crippen molar-refractivity contribution in [1.82, 2.24) is 10.2 Å². The number of carbonyl (C=O) groups is 2. The molecule has 1 spiro atoms. The van der Waals surface area contributed by atoms with Crippen molar-refractivity contribution in [2.45, 2.75) is 32.1 Å².